The Morgan fingerprint density at radius 1 is 1.04 bits per heavy atom. The van der Waals surface area contributed by atoms with E-state index >= 15 is 0 Å². The second-order valence-electron chi connectivity index (χ2n) is 6.59. The van der Waals surface area contributed by atoms with Gasteiger partial charge in [0.1, 0.15) is 0 Å². The average molecular weight is 341 g/mol. The molecule has 0 saturated carbocycles. The number of amides is 1. The number of carbonyl (C=O) groups is 2. The monoisotopic (exact) mass is 341 g/mol. The fourth-order valence-corrected chi connectivity index (χ4v) is 2.46. The van der Waals surface area contributed by atoms with Crippen LogP contribution in [0.15, 0.2) is 54.6 Å². The van der Waals surface area contributed by atoms with Gasteiger partial charge in [-0.2, -0.15) is 0 Å². The Labute approximate surface area is 147 Å². The lowest BCUT2D eigenvalue weighted by atomic mass is 10.0. The van der Waals surface area contributed by atoms with Crippen LogP contribution in [-0.4, -0.2) is 29.1 Å². The lowest BCUT2D eigenvalue weighted by molar-refractivity contribution is -0.122. The third kappa shape index (κ3) is 6.39. The lowest BCUT2D eigenvalue weighted by Gasteiger charge is -2.26. The molecule has 0 radical (unpaired) electrons. The molecule has 5 nitrogen and oxygen atoms in total. The number of hydrogen-bond donors (Lipinski definition) is 2. The normalized spacial score (nSPS) is 11.1. The van der Waals surface area contributed by atoms with Crippen molar-refractivity contribution in [1.29, 1.82) is 0 Å². The van der Waals surface area contributed by atoms with Crippen LogP contribution in [0.2, 0.25) is 0 Å². The molecule has 0 aliphatic carbocycles. The smallest absolute Gasteiger partial charge is 0.335 e. The van der Waals surface area contributed by atoms with E-state index < -0.39 is 11.5 Å². The molecule has 132 valence electrons. The van der Waals surface area contributed by atoms with Crippen LogP contribution < -0.4 is 5.32 Å². The first kappa shape index (κ1) is 18.7. The van der Waals surface area contributed by atoms with E-state index in [4.69, 9.17) is 9.84 Å². The number of ether oxygens (including phenoxy) is 1. The Balaban J connectivity index is 1.83. The van der Waals surface area contributed by atoms with Crippen LogP contribution in [0.5, 0.6) is 0 Å². The van der Waals surface area contributed by atoms with E-state index in [9.17, 15) is 9.59 Å². The summed E-state index contributed by atoms with van der Waals surface area (Å²) < 4.78 is 5.69. The van der Waals surface area contributed by atoms with Crippen molar-refractivity contribution in [1.82, 2.24) is 5.32 Å². The minimum absolute atomic E-state index is 0.128. The molecule has 0 bridgehead atoms. The molecule has 1 amide bonds. The maximum atomic E-state index is 12.2. The van der Waals surface area contributed by atoms with Crippen LogP contribution in [0, 0.1) is 0 Å². The molecule has 0 heterocycles. The number of hydrogen-bond acceptors (Lipinski definition) is 3. The van der Waals surface area contributed by atoms with E-state index in [1.165, 1.54) is 12.1 Å². The summed E-state index contributed by atoms with van der Waals surface area (Å²) >= 11 is 0. The van der Waals surface area contributed by atoms with Gasteiger partial charge in [-0.05, 0) is 37.1 Å². The summed E-state index contributed by atoms with van der Waals surface area (Å²) in [5.74, 6) is -1.17. The first-order valence-electron chi connectivity index (χ1n) is 8.11. The van der Waals surface area contributed by atoms with Gasteiger partial charge in [-0.15, -0.1) is 0 Å². The van der Waals surface area contributed by atoms with Crippen molar-refractivity contribution in [2.45, 2.75) is 32.4 Å². The van der Waals surface area contributed by atoms with Crippen LogP contribution in [0.4, 0.5) is 0 Å². The Morgan fingerprint density at radius 3 is 2.40 bits per heavy atom. The van der Waals surface area contributed by atoms with E-state index in [-0.39, 0.29) is 17.9 Å². The van der Waals surface area contributed by atoms with Gasteiger partial charge in [0.2, 0.25) is 5.91 Å². The van der Waals surface area contributed by atoms with Gasteiger partial charge in [-0.1, -0.05) is 42.5 Å². The second kappa shape index (κ2) is 8.44. The van der Waals surface area contributed by atoms with E-state index in [0.717, 1.165) is 5.56 Å². The molecule has 0 atom stereocenters. The van der Waals surface area contributed by atoms with E-state index in [2.05, 4.69) is 5.32 Å². The zero-order chi connectivity index (χ0) is 18.3. The van der Waals surface area contributed by atoms with Crippen molar-refractivity contribution >= 4 is 11.9 Å². The molecular formula is C20H23NO4. The fraction of sp³-hybridized carbons (Fsp3) is 0.300. The SMILES string of the molecule is CC(C)(COCc1ccccc1)NC(=O)Cc1cccc(C(=O)O)c1. The molecule has 5 heteroatoms. The molecule has 2 rings (SSSR count). The first-order chi connectivity index (χ1) is 11.9. The quantitative estimate of drug-likeness (QED) is 0.774. The lowest BCUT2D eigenvalue weighted by Crippen LogP contribution is -2.47. The maximum absolute atomic E-state index is 12.2. The molecular weight excluding hydrogens is 318 g/mol. The molecule has 2 aromatic carbocycles. The first-order valence-corrected chi connectivity index (χ1v) is 8.11. The number of nitrogens with one attached hydrogen (secondary N) is 1. The number of carbonyl (C=O) groups excluding carboxylic acids is 1. The highest BCUT2D eigenvalue weighted by Gasteiger charge is 2.21. The van der Waals surface area contributed by atoms with Crippen LogP contribution in [-0.2, 0) is 22.6 Å². The standard InChI is InChI=1S/C20H23NO4/c1-20(2,14-25-13-15-7-4-3-5-8-15)21-18(22)12-16-9-6-10-17(11-16)19(23)24/h3-11H,12-14H2,1-2H3,(H,21,22)(H,23,24). The number of carboxylic acids is 1. The second-order valence-corrected chi connectivity index (χ2v) is 6.59. The molecule has 0 spiro atoms. The highest BCUT2D eigenvalue weighted by atomic mass is 16.5. The van der Waals surface area contributed by atoms with Crippen molar-refractivity contribution in [2.75, 3.05) is 6.61 Å². The minimum Gasteiger partial charge on any atom is -0.478 e. The van der Waals surface area contributed by atoms with Gasteiger partial charge < -0.3 is 15.2 Å². The predicted octanol–water partition coefficient (Wildman–Crippen LogP) is 3.04. The maximum Gasteiger partial charge on any atom is 0.335 e. The Kier molecular flexibility index (Phi) is 6.31. The molecule has 2 N–H and O–H groups in total. The van der Waals surface area contributed by atoms with Crippen molar-refractivity contribution in [3.05, 3.63) is 71.3 Å². The number of benzene rings is 2. The van der Waals surface area contributed by atoms with E-state index in [0.29, 0.717) is 18.8 Å². The van der Waals surface area contributed by atoms with Gasteiger partial charge in [-0.25, -0.2) is 4.79 Å². The number of rotatable bonds is 8. The molecule has 0 unspecified atom stereocenters. The zero-order valence-corrected chi connectivity index (χ0v) is 14.5. The van der Waals surface area contributed by atoms with Crippen molar-refractivity contribution in [3.63, 3.8) is 0 Å². The average Bonchev–Trinajstić information content (AvgIpc) is 2.55. The van der Waals surface area contributed by atoms with Crippen molar-refractivity contribution in [2.24, 2.45) is 0 Å². The Hall–Kier alpha value is -2.66. The summed E-state index contributed by atoms with van der Waals surface area (Å²) in [6, 6.07) is 16.2. The van der Waals surface area contributed by atoms with E-state index in [1.54, 1.807) is 12.1 Å². The highest BCUT2D eigenvalue weighted by Crippen LogP contribution is 2.10. The summed E-state index contributed by atoms with van der Waals surface area (Å²) in [5.41, 5.74) is 1.40. The van der Waals surface area contributed by atoms with Gasteiger partial charge >= 0.3 is 5.97 Å². The summed E-state index contributed by atoms with van der Waals surface area (Å²) in [6.45, 7) is 4.65. The summed E-state index contributed by atoms with van der Waals surface area (Å²) in [5, 5.41) is 11.9. The number of aromatic carboxylic acids is 1. The molecule has 0 fully saturated rings. The molecule has 0 aromatic heterocycles. The Bertz CT molecular complexity index is 725. The largest absolute Gasteiger partial charge is 0.478 e. The summed E-state index contributed by atoms with van der Waals surface area (Å²) in [4.78, 5) is 23.2. The zero-order valence-electron chi connectivity index (χ0n) is 14.5. The summed E-state index contributed by atoms with van der Waals surface area (Å²) in [6.07, 6.45) is 0.128. The molecule has 2 aromatic rings. The fourth-order valence-electron chi connectivity index (χ4n) is 2.46. The third-order valence-electron chi connectivity index (χ3n) is 3.59. The topological polar surface area (TPSA) is 75.6 Å². The van der Waals surface area contributed by atoms with E-state index in [1.807, 2.05) is 44.2 Å². The predicted molar refractivity (Wildman–Crippen MR) is 95.4 cm³/mol. The van der Waals surface area contributed by atoms with Gasteiger partial charge in [0.15, 0.2) is 0 Å². The van der Waals surface area contributed by atoms with Gasteiger partial charge in [0.05, 0.1) is 30.7 Å². The van der Waals surface area contributed by atoms with Crippen LogP contribution in [0.3, 0.4) is 0 Å². The molecule has 0 aliphatic rings. The Morgan fingerprint density at radius 2 is 1.72 bits per heavy atom. The molecule has 0 aliphatic heterocycles. The van der Waals surface area contributed by atoms with Gasteiger partial charge in [-0.3, -0.25) is 4.79 Å². The van der Waals surface area contributed by atoms with Crippen molar-refractivity contribution in [3.8, 4) is 0 Å². The minimum atomic E-state index is -1.00. The van der Waals surface area contributed by atoms with Gasteiger partial charge in [0.25, 0.3) is 0 Å². The molecule has 0 saturated heterocycles. The van der Waals surface area contributed by atoms with Crippen LogP contribution in [0.25, 0.3) is 0 Å². The highest BCUT2D eigenvalue weighted by molar-refractivity contribution is 5.88. The molecule has 25 heavy (non-hydrogen) atoms. The third-order valence-corrected chi connectivity index (χ3v) is 3.59. The van der Waals surface area contributed by atoms with Gasteiger partial charge in [0, 0.05) is 0 Å². The number of carboxylic acid groups (broad SMARTS) is 1. The van der Waals surface area contributed by atoms with Crippen molar-refractivity contribution < 1.29 is 19.4 Å². The van der Waals surface area contributed by atoms with Crippen LogP contribution in [0.1, 0.15) is 35.3 Å². The van der Waals surface area contributed by atoms with Crippen LogP contribution >= 0.6 is 0 Å². The summed E-state index contributed by atoms with van der Waals surface area (Å²) in [7, 11) is 0.